The summed E-state index contributed by atoms with van der Waals surface area (Å²) in [7, 11) is -3.49. The number of sulfonamides is 1. The standard InChI is InChI=1S/C15H17BrN2O2S/c1-11(14-4-2-3-5-15(14)16)18-13-8-6-12(7-9-13)10-21(17,19)20/h2-9,11,18H,10H2,1H3,(H2,17,19,20). The van der Waals surface area contributed by atoms with Crippen molar-refractivity contribution in [1.29, 1.82) is 0 Å². The van der Waals surface area contributed by atoms with E-state index in [1.54, 1.807) is 12.1 Å². The number of halogens is 1. The molecule has 0 aliphatic heterocycles. The lowest BCUT2D eigenvalue weighted by Crippen LogP contribution is -2.14. The van der Waals surface area contributed by atoms with E-state index in [0.717, 1.165) is 15.7 Å². The van der Waals surface area contributed by atoms with Crippen LogP contribution >= 0.6 is 15.9 Å². The van der Waals surface area contributed by atoms with Crippen molar-refractivity contribution in [3.8, 4) is 0 Å². The van der Waals surface area contributed by atoms with Gasteiger partial charge in [0, 0.05) is 16.2 Å². The number of nitrogens with one attached hydrogen (secondary N) is 1. The fraction of sp³-hybridized carbons (Fsp3) is 0.200. The van der Waals surface area contributed by atoms with Gasteiger partial charge in [-0.2, -0.15) is 0 Å². The molecule has 3 N–H and O–H groups in total. The Labute approximate surface area is 133 Å². The Morgan fingerprint density at radius 1 is 1.14 bits per heavy atom. The van der Waals surface area contributed by atoms with Crippen LogP contribution in [0.1, 0.15) is 24.1 Å². The van der Waals surface area contributed by atoms with Gasteiger partial charge in [-0.15, -0.1) is 0 Å². The molecule has 2 aromatic carbocycles. The van der Waals surface area contributed by atoms with Crippen molar-refractivity contribution in [1.82, 2.24) is 0 Å². The van der Waals surface area contributed by atoms with Gasteiger partial charge < -0.3 is 5.32 Å². The largest absolute Gasteiger partial charge is 0.378 e. The fourth-order valence-corrected chi connectivity index (χ4v) is 3.37. The Balaban J connectivity index is 2.08. The van der Waals surface area contributed by atoms with Crippen molar-refractivity contribution in [2.24, 2.45) is 5.14 Å². The normalized spacial score (nSPS) is 12.9. The van der Waals surface area contributed by atoms with Crippen molar-refractivity contribution >= 4 is 31.6 Å². The first-order valence-corrected chi connectivity index (χ1v) is 8.96. The quantitative estimate of drug-likeness (QED) is 0.849. The summed E-state index contributed by atoms with van der Waals surface area (Å²) in [6.45, 7) is 2.07. The summed E-state index contributed by atoms with van der Waals surface area (Å²) in [6.07, 6.45) is 0. The SMILES string of the molecule is CC(Nc1ccc(CS(N)(=O)=O)cc1)c1ccccc1Br. The van der Waals surface area contributed by atoms with Crippen LogP contribution in [0.5, 0.6) is 0 Å². The lowest BCUT2D eigenvalue weighted by Gasteiger charge is -2.17. The van der Waals surface area contributed by atoms with Crippen LogP contribution in [0.3, 0.4) is 0 Å². The Morgan fingerprint density at radius 3 is 2.33 bits per heavy atom. The Hall–Kier alpha value is -1.37. The molecule has 0 amide bonds. The first-order chi connectivity index (χ1) is 9.85. The summed E-state index contributed by atoms with van der Waals surface area (Å²) in [5.74, 6) is -0.146. The van der Waals surface area contributed by atoms with Gasteiger partial charge in [-0.25, -0.2) is 13.6 Å². The molecule has 4 nitrogen and oxygen atoms in total. The number of hydrogen-bond donors (Lipinski definition) is 2. The van der Waals surface area contributed by atoms with E-state index in [2.05, 4.69) is 34.2 Å². The van der Waals surface area contributed by atoms with Crippen LogP contribution in [0.25, 0.3) is 0 Å². The Morgan fingerprint density at radius 2 is 1.76 bits per heavy atom. The smallest absolute Gasteiger partial charge is 0.213 e. The van der Waals surface area contributed by atoms with E-state index in [1.165, 1.54) is 0 Å². The van der Waals surface area contributed by atoms with Crippen LogP contribution in [0.4, 0.5) is 5.69 Å². The third kappa shape index (κ3) is 4.84. The third-order valence-corrected chi connectivity index (χ3v) is 4.53. The highest BCUT2D eigenvalue weighted by Gasteiger charge is 2.09. The summed E-state index contributed by atoms with van der Waals surface area (Å²) in [4.78, 5) is 0. The molecule has 0 saturated carbocycles. The van der Waals surface area contributed by atoms with Crippen LogP contribution in [0.15, 0.2) is 53.0 Å². The van der Waals surface area contributed by atoms with E-state index >= 15 is 0 Å². The van der Waals surface area contributed by atoms with Gasteiger partial charge in [0.15, 0.2) is 0 Å². The number of rotatable bonds is 5. The van der Waals surface area contributed by atoms with E-state index in [0.29, 0.717) is 5.56 Å². The second-order valence-electron chi connectivity index (χ2n) is 4.89. The molecule has 0 saturated heterocycles. The molecule has 0 aromatic heterocycles. The molecular formula is C15H17BrN2O2S. The molecule has 0 radical (unpaired) electrons. The van der Waals surface area contributed by atoms with Crippen LogP contribution in [-0.4, -0.2) is 8.42 Å². The maximum Gasteiger partial charge on any atom is 0.213 e. The highest BCUT2D eigenvalue weighted by atomic mass is 79.9. The van der Waals surface area contributed by atoms with Crippen molar-refractivity contribution in [2.75, 3.05) is 5.32 Å². The zero-order valence-corrected chi connectivity index (χ0v) is 14.0. The molecule has 0 spiro atoms. The Kier molecular flexibility index (Phi) is 5.03. The molecule has 0 aliphatic carbocycles. The highest BCUT2D eigenvalue weighted by molar-refractivity contribution is 9.10. The van der Waals surface area contributed by atoms with Gasteiger partial charge in [-0.3, -0.25) is 0 Å². The van der Waals surface area contributed by atoms with Gasteiger partial charge in [0.05, 0.1) is 5.75 Å². The Bertz CT molecular complexity index is 715. The molecule has 2 rings (SSSR count). The molecular weight excluding hydrogens is 352 g/mol. The molecule has 0 heterocycles. The maximum atomic E-state index is 11.0. The first-order valence-electron chi connectivity index (χ1n) is 6.45. The summed E-state index contributed by atoms with van der Waals surface area (Å²) < 4.78 is 23.1. The minimum absolute atomic E-state index is 0.129. The molecule has 6 heteroatoms. The maximum absolute atomic E-state index is 11.0. The zero-order chi connectivity index (χ0) is 15.5. The van der Waals surface area contributed by atoms with Crippen molar-refractivity contribution < 1.29 is 8.42 Å². The second-order valence-corrected chi connectivity index (χ2v) is 7.36. The third-order valence-electron chi connectivity index (χ3n) is 3.08. The number of anilines is 1. The van der Waals surface area contributed by atoms with Gasteiger partial charge in [-0.1, -0.05) is 46.3 Å². The average Bonchev–Trinajstić information content (AvgIpc) is 2.40. The van der Waals surface area contributed by atoms with Crippen molar-refractivity contribution in [2.45, 2.75) is 18.7 Å². The summed E-state index contributed by atoms with van der Waals surface area (Å²) >= 11 is 3.53. The van der Waals surface area contributed by atoms with E-state index in [4.69, 9.17) is 5.14 Å². The van der Waals surface area contributed by atoms with Gasteiger partial charge in [0.2, 0.25) is 10.0 Å². The van der Waals surface area contributed by atoms with Crippen LogP contribution in [-0.2, 0) is 15.8 Å². The van der Waals surface area contributed by atoms with E-state index in [9.17, 15) is 8.42 Å². The number of nitrogens with two attached hydrogens (primary N) is 1. The van der Waals surface area contributed by atoms with Gasteiger partial charge in [0.25, 0.3) is 0 Å². The molecule has 0 fully saturated rings. The summed E-state index contributed by atoms with van der Waals surface area (Å²) in [5.41, 5.74) is 2.76. The molecule has 0 aliphatic rings. The molecule has 21 heavy (non-hydrogen) atoms. The van der Waals surface area contributed by atoms with E-state index in [-0.39, 0.29) is 11.8 Å². The lowest BCUT2D eigenvalue weighted by molar-refractivity contribution is 0.597. The minimum Gasteiger partial charge on any atom is -0.378 e. The summed E-state index contributed by atoms with van der Waals surface area (Å²) in [5, 5.41) is 8.41. The second kappa shape index (κ2) is 6.60. The average molecular weight is 369 g/mol. The van der Waals surface area contributed by atoms with Crippen LogP contribution in [0.2, 0.25) is 0 Å². The molecule has 112 valence electrons. The van der Waals surface area contributed by atoms with Crippen LogP contribution < -0.4 is 10.5 Å². The number of benzene rings is 2. The zero-order valence-electron chi connectivity index (χ0n) is 11.6. The highest BCUT2D eigenvalue weighted by Crippen LogP contribution is 2.26. The monoisotopic (exact) mass is 368 g/mol. The van der Waals surface area contributed by atoms with Gasteiger partial charge in [0.1, 0.15) is 0 Å². The molecule has 1 atom stereocenters. The van der Waals surface area contributed by atoms with Crippen LogP contribution in [0, 0.1) is 0 Å². The molecule has 2 aromatic rings. The topological polar surface area (TPSA) is 72.2 Å². The molecule has 1 unspecified atom stereocenters. The first kappa shape index (κ1) is 16.0. The van der Waals surface area contributed by atoms with Gasteiger partial charge in [-0.05, 0) is 36.2 Å². The van der Waals surface area contributed by atoms with Crippen molar-refractivity contribution in [3.63, 3.8) is 0 Å². The van der Waals surface area contributed by atoms with E-state index < -0.39 is 10.0 Å². The lowest BCUT2D eigenvalue weighted by atomic mass is 10.1. The minimum atomic E-state index is -3.49. The van der Waals surface area contributed by atoms with E-state index in [1.807, 2.05) is 30.3 Å². The predicted molar refractivity (Wildman–Crippen MR) is 89.4 cm³/mol. The van der Waals surface area contributed by atoms with Gasteiger partial charge >= 0.3 is 0 Å². The number of hydrogen-bond acceptors (Lipinski definition) is 3. The molecule has 0 bridgehead atoms. The summed E-state index contributed by atoms with van der Waals surface area (Å²) in [6, 6.07) is 15.4. The van der Waals surface area contributed by atoms with Crippen molar-refractivity contribution in [3.05, 3.63) is 64.1 Å². The fourth-order valence-electron chi connectivity index (χ4n) is 2.08. The number of primary sulfonamides is 1. The predicted octanol–water partition coefficient (Wildman–Crippen LogP) is 3.41.